The summed E-state index contributed by atoms with van der Waals surface area (Å²) in [6.45, 7) is 7.15. The van der Waals surface area contributed by atoms with Crippen LogP contribution < -0.4 is 10.6 Å². The minimum atomic E-state index is -0.123. The third-order valence-corrected chi connectivity index (χ3v) is 4.05. The van der Waals surface area contributed by atoms with Gasteiger partial charge in [0.1, 0.15) is 0 Å². The van der Waals surface area contributed by atoms with Gasteiger partial charge >= 0.3 is 0 Å². The van der Waals surface area contributed by atoms with E-state index in [4.69, 9.17) is 0 Å². The largest absolute Gasteiger partial charge is 0.350 e. The molecule has 2 rings (SSSR count). The number of fused-ring (bicyclic) bond motifs is 1. The lowest BCUT2D eigenvalue weighted by molar-refractivity contribution is -0.126. The van der Waals surface area contributed by atoms with Crippen molar-refractivity contribution in [2.45, 2.75) is 64.5 Å². The van der Waals surface area contributed by atoms with Crippen LogP contribution in [-0.4, -0.2) is 24.0 Å². The van der Waals surface area contributed by atoms with Crippen molar-refractivity contribution in [2.24, 2.45) is 11.8 Å². The number of carbonyl (C=O) groups is 1. The second-order valence-corrected chi connectivity index (χ2v) is 6.74. The lowest BCUT2D eigenvalue weighted by Crippen LogP contribution is -2.55. The molecule has 3 heteroatoms. The number of nitrogens with one attached hydrogen (secondary N) is 2. The van der Waals surface area contributed by atoms with E-state index < -0.39 is 0 Å². The third-order valence-electron chi connectivity index (χ3n) is 4.05. The summed E-state index contributed by atoms with van der Waals surface area (Å²) in [5.74, 6) is 1.78. The average molecular weight is 238 g/mol. The van der Waals surface area contributed by atoms with Crippen molar-refractivity contribution in [2.75, 3.05) is 6.54 Å². The monoisotopic (exact) mass is 238 g/mol. The predicted molar refractivity (Wildman–Crippen MR) is 69.8 cm³/mol. The third kappa shape index (κ3) is 3.44. The highest BCUT2D eigenvalue weighted by Crippen LogP contribution is 2.35. The molecule has 1 saturated heterocycles. The summed E-state index contributed by atoms with van der Waals surface area (Å²) in [5, 5.41) is 6.51. The Balaban J connectivity index is 1.89. The van der Waals surface area contributed by atoms with E-state index in [1.165, 1.54) is 25.7 Å². The van der Waals surface area contributed by atoms with Crippen LogP contribution in [0.5, 0.6) is 0 Å². The molecule has 1 aliphatic carbocycles. The van der Waals surface area contributed by atoms with Crippen molar-refractivity contribution in [1.82, 2.24) is 10.6 Å². The number of amides is 1. The van der Waals surface area contributed by atoms with Crippen molar-refractivity contribution in [3.8, 4) is 0 Å². The van der Waals surface area contributed by atoms with Crippen molar-refractivity contribution >= 4 is 5.91 Å². The van der Waals surface area contributed by atoms with Gasteiger partial charge in [0.25, 0.3) is 0 Å². The molecule has 2 aliphatic rings. The van der Waals surface area contributed by atoms with E-state index in [1.807, 2.05) is 20.8 Å². The molecule has 98 valence electrons. The Morgan fingerprint density at radius 1 is 1.18 bits per heavy atom. The van der Waals surface area contributed by atoms with Gasteiger partial charge in [-0.15, -0.1) is 0 Å². The molecule has 0 aromatic rings. The molecule has 17 heavy (non-hydrogen) atoms. The van der Waals surface area contributed by atoms with Gasteiger partial charge in [0.2, 0.25) is 5.91 Å². The fourth-order valence-corrected chi connectivity index (χ4v) is 3.20. The lowest BCUT2D eigenvalue weighted by atomic mass is 9.73. The highest BCUT2D eigenvalue weighted by atomic mass is 16.2. The van der Waals surface area contributed by atoms with Crippen LogP contribution in [0, 0.1) is 11.8 Å². The second kappa shape index (κ2) is 4.97. The summed E-state index contributed by atoms with van der Waals surface area (Å²) in [6.07, 6.45) is 6.44. The van der Waals surface area contributed by atoms with Gasteiger partial charge in [-0.2, -0.15) is 0 Å². The first-order valence-electron chi connectivity index (χ1n) is 7.01. The van der Waals surface area contributed by atoms with Crippen LogP contribution in [0.25, 0.3) is 0 Å². The fraction of sp³-hybridized carbons (Fsp3) is 0.929. The minimum Gasteiger partial charge on any atom is -0.350 e. The zero-order valence-corrected chi connectivity index (χ0v) is 11.4. The summed E-state index contributed by atoms with van der Waals surface area (Å²) in [5.41, 5.74) is -0.123. The molecule has 0 unspecified atom stereocenters. The Labute approximate surface area is 105 Å². The molecule has 1 saturated carbocycles. The quantitative estimate of drug-likeness (QED) is 0.734. The molecule has 0 aromatic carbocycles. The molecule has 2 N–H and O–H groups in total. The maximum Gasteiger partial charge on any atom is 0.237 e. The van der Waals surface area contributed by atoms with Gasteiger partial charge in [-0.1, -0.05) is 19.3 Å². The zero-order valence-electron chi connectivity index (χ0n) is 11.4. The Bertz CT molecular complexity index is 282. The highest BCUT2D eigenvalue weighted by molar-refractivity contribution is 5.82. The molecule has 0 radical (unpaired) electrons. The van der Waals surface area contributed by atoms with Crippen LogP contribution in [0.2, 0.25) is 0 Å². The van der Waals surface area contributed by atoms with Gasteiger partial charge in [0.05, 0.1) is 6.04 Å². The van der Waals surface area contributed by atoms with Gasteiger partial charge in [-0.05, 0) is 52.0 Å². The molecule has 0 spiro atoms. The van der Waals surface area contributed by atoms with Gasteiger partial charge < -0.3 is 10.6 Å². The smallest absolute Gasteiger partial charge is 0.237 e. The topological polar surface area (TPSA) is 41.1 Å². The average Bonchev–Trinajstić information content (AvgIpc) is 2.26. The van der Waals surface area contributed by atoms with E-state index >= 15 is 0 Å². The first-order chi connectivity index (χ1) is 7.96. The Kier molecular flexibility index (Phi) is 3.76. The molecule has 1 heterocycles. The lowest BCUT2D eigenvalue weighted by Gasteiger charge is -2.40. The molecule has 0 bridgehead atoms. The van der Waals surface area contributed by atoms with Crippen molar-refractivity contribution in [3.63, 3.8) is 0 Å². The van der Waals surface area contributed by atoms with E-state index in [-0.39, 0.29) is 17.5 Å². The maximum absolute atomic E-state index is 12.1. The number of hydrogen-bond acceptors (Lipinski definition) is 2. The number of carbonyl (C=O) groups excluding carboxylic acids is 1. The maximum atomic E-state index is 12.1. The van der Waals surface area contributed by atoms with Gasteiger partial charge in [0, 0.05) is 5.54 Å². The van der Waals surface area contributed by atoms with E-state index in [9.17, 15) is 4.79 Å². The molecule has 1 amide bonds. The first kappa shape index (κ1) is 12.9. The number of hydrogen-bond donors (Lipinski definition) is 2. The van der Waals surface area contributed by atoms with Crippen molar-refractivity contribution in [1.29, 1.82) is 0 Å². The Hall–Kier alpha value is -0.570. The van der Waals surface area contributed by atoms with Crippen LogP contribution in [-0.2, 0) is 4.79 Å². The van der Waals surface area contributed by atoms with Gasteiger partial charge in [-0.3, -0.25) is 4.79 Å². The van der Waals surface area contributed by atoms with E-state index in [2.05, 4.69) is 10.6 Å². The molecule has 3 atom stereocenters. The summed E-state index contributed by atoms with van der Waals surface area (Å²) in [4.78, 5) is 12.1. The number of piperidine rings is 1. The van der Waals surface area contributed by atoms with Crippen LogP contribution >= 0.6 is 0 Å². The van der Waals surface area contributed by atoms with Crippen LogP contribution in [0.3, 0.4) is 0 Å². The number of rotatable bonds is 1. The van der Waals surface area contributed by atoms with Crippen molar-refractivity contribution < 1.29 is 4.79 Å². The highest BCUT2D eigenvalue weighted by Gasteiger charge is 2.35. The molecule has 3 nitrogen and oxygen atoms in total. The summed E-state index contributed by atoms with van der Waals surface area (Å²) in [7, 11) is 0. The Morgan fingerprint density at radius 2 is 1.82 bits per heavy atom. The van der Waals surface area contributed by atoms with E-state index in [1.54, 1.807) is 0 Å². The standard InChI is InChI=1S/C14H26N2O/c1-14(2,3)16-13(17)12-8-10-6-4-5-7-11(10)9-15-12/h10-12,15H,4-9H2,1-3H3,(H,16,17)/t10-,11+,12-/m0/s1. The van der Waals surface area contributed by atoms with Gasteiger partial charge in [-0.25, -0.2) is 0 Å². The molecular weight excluding hydrogens is 212 g/mol. The van der Waals surface area contributed by atoms with E-state index in [0.717, 1.165) is 24.8 Å². The van der Waals surface area contributed by atoms with Crippen LogP contribution in [0.15, 0.2) is 0 Å². The molecule has 2 fully saturated rings. The Morgan fingerprint density at radius 3 is 2.47 bits per heavy atom. The normalized spacial score (nSPS) is 33.9. The van der Waals surface area contributed by atoms with Crippen LogP contribution in [0.1, 0.15) is 52.9 Å². The van der Waals surface area contributed by atoms with Crippen molar-refractivity contribution in [3.05, 3.63) is 0 Å². The summed E-state index contributed by atoms with van der Waals surface area (Å²) < 4.78 is 0. The van der Waals surface area contributed by atoms with Crippen LogP contribution in [0.4, 0.5) is 0 Å². The molecule has 1 aliphatic heterocycles. The summed E-state index contributed by atoms with van der Waals surface area (Å²) in [6, 6.07) is 0.0357. The molecular formula is C14H26N2O. The first-order valence-corrected chi connectivity index (χ1v) is 7.01. The summed E-state index contributed by atoms with van der Waals surface area (Å²) >= 11 is 0. The second-order valence-electron chi connectivity index (χ2n) is 6.74. The molecule has 0 aromatic heterocycles. The zero-order chi connectivity index (χ0) is 12.5. The predicted octanol–water partition coefficient (Wildman–Crippen LogP) is 2.07. The minimum absolute atomic E-state index is 0.0357. The van der Waals surface area contributed by atoms with E-state index in [0.29, 0.717) is 0 Å². The van der Waals surface area contributed by atoms with Gasteiger partial charge in [0.15, 0.2) is 0 Å². The SMILES string of the molecule is CC(C)(C)NC(=O)[C@@H]1C[C@@H]2CCCC[C@@H]2CN1. The fourth-order valence-electron chi connectivity index (χ4n) is 3.20.